The number of nitrogens with zero attached hydrogens (tertiary/aromatic N) is 1. The van der Waals surface area contributed by atoms with Gasteiger partial charge in [0.15, 0.2) is 0 Å². The van der Waals surface area contributed by atoms with Crippen LogP contribution in [-0.4, -0.2) is 75.6 Å². The Morgan fingerprint density at radius 1 is 1.07 bits per heavy atom. The van der Waals surface area contributed by atoms with Gasteiger partial charge in [0.05, 0.1) is 12.1 Å². The summed E-state index contributed by atoms with van der Waals surface area (Å²) in [6, 6.07) is -4.00. The third kappa shape index (κ3) is 6.94. The fourth-order valence-electron chi connectivity index (χ4n) is 3.54. The summed E-state index contributed by atoms with van der Waals surface area (Å²) in [7, 11) is 0. The highest BCUT2D eigenvalue weighted by atomic mass is 16.4. The van der Waals surface area contributed by atoms with Crippen LogP contribution in [0.25, 0.3) is 0 Å². The number of carboxylic acids is 1. The molecule has 0 aliphatic carbocycles. The Bertz CT molecular complexity index is 637. The molecule has 0 aromatic heterocycles. The van der Waals surface area contributed by atoms with Crippen molar-refractivity contribution < 1.29 is 29.4 Å². The Balaban J connectivity index is 2.88. The van der Waals surface area contributed by atoms with Crippen molar-refractivity contribution in [3.05, 3.63) is 0 Å². The Morgan fingerprint density at radius 3 is 2.13 bits per heavy atom. The Kier molecular flexibility index (Phi) is 9.70. The van der Waals surface area contributed by atoms with E-state index in [1.165, 1.54) is 11.8 Å². The van der Waals surface area contributed by atoms with Crippen LogP contribution < -0.4 is 16.4 Å². The van der Waals surface area contributed by atoms with E-state index in [0.717, 1.165) is 0 Å². The van der Waals surface area contributed by atoms with Crippen molar-refractivity contribution in [1.82, 2.24) is 15.5 Å². The molecule has 0 aromatic carbocycles. The molecule has 3 amide bonds. The molecule has 6 N–H and O–H groups in total. The smallest absolute Gasteiger partial charge is 0.326 e. The van der Waals surface area contributed by atoms with Gasteiger partial charge in [0, 0.05) is 6.54 Å². The number of rotatable bonds is 10. The molecule has 1 heterocycles. The summed E-state index contributed by atoms with van der Waals surface area (Å²) < 4.78 is 0. The Morgan fingerprint density at radius 2 is 1.67 bits per heavy atom. The zero-order valence-corrected chi connectivity index (χ0v) is 18.4. The third-order valence-corrected chi connectivity index (χ3v) is 5.17. The highest BCUT2D eigenvalue weighted by Crippen LogP contribution is 2.20. The topological polar surface area (TPSA) is 162 Å². The lowest BCUT2D eigenvalue weighted by Crippen LogP contribution is -2.60. The zero-order chi connectivity index (χ0) is 23.2. The van der Waals surface area contributed by atoms with Crippen molar-refractivity contribution in [1.29, 1.82) is 0 Å². The van der Waals surface area contributed by atoms with Gasteiger partial charge in [0.25, 0.3) is 0 Å². The van der Waals surface area contributed by atoms with Crippen LogP contribution in [0.1, 0.15) is 53.9 Å². The van der Waals surface area contributed by atoms with Gasteiger partial charge < -0.3 is 31.5 Å². The highest BCUT2D eigenvalue weighted by Gasteiger charge is 2.39. The van der Waals surface area contributed by atoms with E-state index in [0.29, 0.717) is 25.8 Å². The maximum absolute atomic E-state index is 12.8. The van der Waals surface area contributed by atoms with Crippen LogP contribution in [0.15, 0.2) is 0 Å². The summed E-state index contributed by atoms with van der Waals surface area (Å²) in [5.74, 6) is -3.06. The molecule has 0 aromatic rings. The van der Waals surface area contributed by atoms with Crippen LogP contribution in [0.4, 0.5) is 0 Å². The average Bonchev–Trinajstić information content (AvgIpc) is 3.11. The Labute approximate surface area is 177 Å². The number of amides is 3. The number of carbonyl (C=O) groups is 4. The molecule has 1 aliphatic rings. The van der Waals surface area contributed by atoms with E-state index in [1.54, 1.807) is 13.8 Å². The number of nitrogens with one attached hydrogen (secondary N) is 2. The summed E-state index contributed by atoms with van der Waals surface area (Å²) in [6.45, 7) is 8.90. The number of carboxylic acid groups (broad SMARTS) is 1. The van der Waals surface area contributed by atoms with Gasteiger partial charge >= 0.3 is 5.97 Å². The molecule has 10 heteroatoms. The summed E-state index contributed by atoms with van der Waals surface area (Å²) in [5.41, 5.74) is 5.99. The Hall–Kier alpha value is -2.20. The molecule has 0 spiro atoms. The van der Waals surface area contributed by atoms with Gasteiger partial charge in [-0.2, -0.15) is 0 Å². The van der Waals surface area contributed by atoms with Crippen LogP contribution in [-0.2, 0) is 19.2 Å². The summed E-state index contributed by atoms with van der Waals surface area (Å²) in [4.78, 5) is 50.8. The maximum Gasteiger partial charge on any atom is 0.326 e. The fourth-order valence-corrected chi connectivity index (χ4v) is 3.54. The molecule has 0 saturated carbocycles. The highest BCUT2D eigenvalue weighted by molar-refractivity contribution is 5.94. The first-order valence-corrected chi connectivity index (χ1v) is 10.4. The van der Waals surface area contributed by atoms with Crippen LogP contribution >= 0.6 is 0 Å². The average molecular weight is 429 g/mol. The fraction of sp³-hybridized carbons (Fsp3) is 0.800. The van der Waals surface area contributed by atoms with Crippen molar-refractivity contribution >= 4 is 23.7 Å². The number of likely N-dealkylation sites (tertiary alicyclic amines) is 1. The van der Waals surface area contributed by atoms with Crippen molar-refractivity contribution in [2.45, 2.75) is 84.2 Å². The minimum absolute atomic E-state index is 0.227. The molecular formula is C20H36N4O6. The van der Waals surface area contributed by atoms with Gasteiger partial charge in [-0.05, 0) is 38.0 Å². The lowest BCUT2D eigenvalue weighted by molar-refractivity contribution is -0.145. The van der Waals surface area contributed by atoms with E-state index in [-0.39, 0.29) is 17.7 Å². The number of carbonyl (C=O) groups excluding carboxylic acids is 3. The second-order valence-electron chi connectivity index (χ2n) is 8.72. The van der Waals surface area contributed by atoms with Gasteiger partial charge in [0.2, 0.25) is 17.7 Å². The summed E-state index contributed by atoms with van der Waals surface area (Å²) in [5, 5.41) is 24.1. The third-order valence-electron chi connectivity index (χ3n) is 5.17. The van der Waals surface area contributed by atoms with E-state index in [4.69, 9.17) is 5.73 Å². The molecule has 30 heavy (non-hydrogen) atoms. The number of hydrogen-bond donors (Lipinski definition) is 5. The first kappa shape index (κ1) is 25.8. The number of aliphatic hydroxyl groups is 1. The molecule has 1 aliphatic heterocycles. The van der Waals surface area contributed by atoms with Gasteiger partial charge in [-0.25, -0.2) is 4.79 Å². The van der Waals surface area contributed by atoms with Gasteiger partial charge in [-0.15, -0.1) is 0 Å². The molecule has 0 unspecified atom stereocenters. The lowest BCUT2D eigenvalue weighted by atomic mass is 10.0. The number of aliphatic hydroxyl groups excluding tert-OH is 1. The van der Waals surface area contributed by atoms with Gasteiger partial charge in [-0.1, -0.05) is 27.7 Å². The van der Waals surface area contributed by atoms with E-state index < -0.39 is 48.1 Å². The molecule has 1 fully saturated rings. The normalized spacial score (nSPS) is 20.6. The van der Waals surface area contributed by atoms with Gasteiger partial charge in [0.1, 0.15) is 18.1 Å². The molecule has 5 atom stereocenters. The van der Waals surface area contributed by atoms with Crippen molar-refractivity contribution in [2.75, 3.05) is 6.54 Å². The summed E-state index contributed by atoms with van der Waals surface area (Å²) >= 11 is 0. The van der Waals surface area contributed by atoms with E-state index in [2.05, 4.69) is 10.6 Å². The quantitative estimate of drug-likeness (QED) is 0.311. The SMILES string of the molecule is CC(C)C[C@H](N)C(=O)N1CCC[C@H]1C(=O)N[C@H](C(=O)N[C@H](C(=O)O)C(C)C)[C@@H](C)O. The predicted octanol–water partition coefficient (Wildman–Crippen LogP) is -0.558. The first-order chi connectivity index (χ1) is 13.9. The zero-order valence-electron chi connectivity index (χ0n) is 18.4. The second kappa shape index (κ2) is 11.3. The minimum atomic E-state index is -1.35. The first-order valence-electron chi connectivity index (χ1n) is 10.4. The molecule has 172 valence electrons. The largest absolute Gasteiger partial charge is 0.480 e. The standard InChI is InChI=1S/C20H36N4O6/c1-10(2)9-13(21)19(28)24-8-6-7-14(24)17(26)23-16(12(5)25)18(27)22-15(11(3)4)20(29)30/h10-16,25H,6-9,21H2,1-5H3,(H,22,27)(H,23,26)(H,29,30)/t12-,13+,14+,15+,16+/m1/s1. The lowest BCUT2D eigenvalue weighted by Gasteiger charge is -2.30. The monoisotopic (exact) mass is 428 g/mol. The molecule has 10 nitrogen and oxygen atoms in total. The minimum Gasteiger partial charge on any atom is -0.480 e. The summed E-state index contributed by atoms with van der Waals surface area (Å²) in [6.07, 6.45) is 0.278. The van der Waals surface area contributed by atoms with E-state index in [9.17, 15) is 29.4 Å². The van der Waals surface area contributed by atoms with Crippen molar-refractivity contribution in [2.24, 2.45) is 17.6 Å². The number of nitrogens with two attached hydrogens (primary N) is 1. The van der Waals surface area contributed by atoms with Crippen molar-refractivity contribution in [3.63, 3.8) is 0 Å². The number of hydrogen-bond acceptors (Lipinski definition) is 6. The second-order valence-corrected chi connectivity index (χ2v) is 8.72. The van der Waals surface area contributed by atoms with E-state index >= 15 is 0 Å². The maximum atomic E-state index is 12.8. The number of aliphatic carboxylic acids is 1. The molecule has 0 radical (unpaired) electrons. The van der Waals surface area contributed by atoms with E-state index in [1.807, 2.05) is 13.8 Å². The van der Waals surface area contributed by atoms with Crippen LogP contribution in [0, 0.1) is 11.8 Å². The van der Waals surface area contributed by atoms with Crippen LogP contribution in [0.2, 0.25) is 0 Å². The van der Waals surface area contributed by atoms with Crippen LogP contribution in [0.5, 0.6) is 0 Å². The molecule has 1 saturated heterocycles. The van der Waals surface area contributed by atoms with Crippen LogP contribution in [0.3, 0.4) is 0 Å². The van der Waals surface area contributed by atoms with Crippen molar-refractivity contribution in [3.8, 4) is 0 Å². The van der Waals surface area contributed by atoms with Gasteiger partial charge in [-0.3, -0.25) is 14.4 Å². The molecule has 1 rings (SSSR count). The molecule has 0 bridgehead atoms. The predicted molar refractivity (Wildman–Crippen MR) is 110 cm³/mol. The molecular weight excluding hydrogens is 392 g/mol.